The van der Waals surface area contributed by atoms with Gasteiger partial charge in [0, 0.05) is 27.1 Å². The summed E-state index contributed by atoms with van der Waals surface area (Å²) in [5.74, 6) is -0.493. The van der Waals surface area contributed by atoms with Crippen LogP contribution >= 0.6 is 15.9 Å². The number of nitrogens with one attached hydrogen (secondary N) is 1. The zero-order valence-electron chi connectivity index (χ0n) is 11.2. The third-order valence-corrected chi connectivity index (χ3v) is 3.82. The molecule has 0 aliphatic rings. The van der Waals surface area contributed by atoms with E-state index in [2.05, 4.69) is 26.2 Å². The lowest BCUT2D eigenvalue weighted by molar-refractivity contribution is -0.138. The highest BCUT2D eigenvalue weighted by molar-refractivity contribution is 9.10. The van der Waals surface area contributed by atoms with E-state index < -0.39 is 12.0 Å². The summed E-state index contributed by atoms with van der Waals surface area (Å²) >= 11 is 3.46. The Labute approximate surface area is 125 Å². The van der Waals surface area contributed by atoms with E-state index in [0.717, 1.165) is 15.2 Å². The van der Waals surface area contributed by atoms with Crippen molar-refractivity contribution >= 4 is 44.2 Å². The van der Waals surface area contributed by atoms with Crippen molar-refractivity contribution in [2.75, 3.05) is 11.1 Å². The van der Waals surface area contributed by atoms with Crippen LogP contribution in [0.4, 0.5) is 11.5 Å². The number of benzene rings is 1. The molecule has 2 aromatic rings. The molecule has 0 saturated carbocycles. The van der Waals surface area contributed by atoms with Gasteiger partial charge in [-0.05, 0) is 24.1 Å². The van der Waals surface area contributed by atoms with E-state index in [1.165, 1.54) is 0 Å². The van der Waals surface area contributed by atoms with Gasteiger partial charge >= 0.3 is 5.97 Å². The van der Waals surface area contributed by atoms with Gasteiger partial charge in [-0.15, -0.1) is 0 Å². The fourth-order valence-electron chi connectivity index (χ4n) is 2.06. The molecule has 1 heterocycles. The molecule has 0 spiro atoms. The first kappa shape index (κ1) is 14.6. The van der Waals surface area contributed by atoms with E-state index in [1.54, 1.807) is 12.3 Å². The van der Waals surface area contributed by atoms with Crippen molar-refractivity contribution in [1.82, 2.24) is 4.98 Å². The first-order chi connectivity index (χ1) is 9.41. The highest BCUT2D eigenvalue weighted by atomic mass is 79.9. The summed E-state index contributed by atoms with van der Waals surface area (Å²) in [6.07, 6.45) is 1.63. The number of carbonyl (C=O) groups is 1. The van der Waals surface area contributed by atoms with E-state index in [1.807, 2.05) is 26.0 Å². The minimum atomic E-state index is -0.910. The van der Waals surface area contributed by atoms with Gasteiger partial charge in [0.15, 0.2) is 0 Å². The lowest BCUT2D eigenvalue weighted by atomic mass is 10.0. The number of pyridine rings is 1. The van der Waals surface area contributed by atoms with Gasteiger partial charge in [0.1, 0.15) is 11.9 Å². The number of fused-ring (bicyclic) bond motifs is 1. The van der Waals surface area contributed by atoms with Gasteiger partial charge in [-0.1, -0.05) is 29.8 Å². The number of nitrogens with two attached hydrogens (primary N) is 1. The molecule has 1 aromatic heterocycles. The van der Waals surface area contributed by atoms with Crippen LogP contribution in [0.3, 0.4) is 0 Å². The van der Waals surface area contributed by atoms with Crippen molar-refractivity contribution in [2.24, 2.45) is 5.92 Å². The molecule has 0 saturated heterocycles. The summed E-state index contributed by atoms with van der Waals surface area (Å²) in [6.45, 7) is 3.69. The molecule has 0 aliphatic heterocycles. The molecule has 1 unspecified atom stereocenters. The maximum absolute atomic E-state index is 11.3. The van der Waals surface area contributed by atoms with Crippen LogP contribution in [0, 0.1) is 5.92 Å². The number of anilines is 2. The summed E-state index contributed by atoms with van der Waals surface area (Å²) < 4.78 is 0.892. The van der Waals surface area contributed by atoms with Crippen molar-refractivity contribution in [3.8, 4) is 0 Å². The molecule has 1 aromatic carbocycles. The van der Waals surface area contributed by atoms with E-state index in [-0.39, 0.29) is 5.92 Å². The van der Waals surface area contributed by atoms with Gasteiger partial charge < -0.3 is 16.2 Å². The number of rotatable bonds is 4. The molecule has 1 atom stereocenters. The number of halogens is 1. The fourth-order valence-corrected chi connectivity index (χ4v) is 2.52. The lowest BCUT2D eigenvalue weighted by Crippen LogP contribution is -2.34. The van der Waals surface area contributed by atoms with Crippen LogP contribution in [-0.2, 0) is 4.79 Å². The molecule has 4 N–H and O–H groups in total. The van der Waals surface area contributed by atoms with E-state index in [9.17, 15) is 9.90 Å². The summed E-state index contributed by atoms with van der Waals surface area (Å²) in [6, 6.07) is 4.75. The van der Waals surface area contributed by atoms with Crippen LogP contribution in [0.1, 0.15) is 13.8 Å². The molecule has 6 heteroatoms. The minimum absolute atomic E-state index is 0.0714. The SMILES string of the molecule is CC(C)C(Nc1nccc2c(Br)ccc(N)c12)C(=O)O. The molecule has 106 valence electrons. The van der Waals surface area contributed by atoms with Crippen molar-refractivity contribution < 1.29 is 9.90 Å². The molecule has 0 aliphatic carbocycles. The van der Waals surface area contributed by atoms with Gasteiger partial charge in [0.2, 0.25) is 0 Å². The fraction of sp³-hybridized carbons (Fsp3) is 0.286. The molecule has 0 fully saturated rings. The normalized spacial score (nSPS) is 12.6. The maximum atomic E-state index is 11.3. The van der Waals surface area contributed by atoms with Gasteiger partial charge in [-0.3, -0.25) is 0 Å². The first-order valence-corrected chi connectivity index (χ1v) is 7.03. The van der Waals surface area contributed by atoms with E-state index in [0.29, 0.717) is 11.5 Å². The Balaban J connectivity index is 2.55. The second-order valence-electron chi connectivity index (χ2n) is 4.92. The van der Waals surface area contributed by atoms with Crippen LogP contribution in [0.25, 0.3) is 10.8 Å². The van der Waals surface area contributed by atoms with Crippen LogP contribution in [0.5, 0.6) is 0 Å². The minimum Gasteiger partial charge on any atom is -0.480 e. The summed E-state index contributed by atoms with van der Waals surface area (Å²) in [7, 11) is 0. The van der Waals surface area contributed by atoms with E-state index in [4.69, 9.17) is 5.73 Å². The Morgan fingerprint density at radius 1 is 1.40 bits per heavy atom. The molecular weight excluding hydrogens is 322 g/mol. The number of carboxylic acid groups (broad SMARTS) is 1. The predicted octanol–water partition coefficient (Wildman–Crippen LogP) is 3.10. The third-order valence-electron chi connectivity index (χ3n) is 3.13. The van der Waals surface area contributed by atoms with Crippen molar-refractivity contribution in [3.05, 3.63) is 28.9 Å². The Morgan fingerprint density at radius 3 is 2.70 bits per heavy atom. The smallest absolute Gasteiger partial charge is 0.326 e. The molecule has 2 rings (SSSR count). The standard InChI is InChI=1S/C14H16BrN3O2/c1-7(2)12(14(19)20)18-13-11-8(5-6-17-13)9(15)3-4-10(11)16/h3-7,12H,16H2,1-2H3,(H,17,18)(H,19,20). The van der Waals surface area contributed by atoms with Crippen molar-refractivity contribution in [3.63, 3.8) is 0 Å². The highest BCUT2D eigenvalue weighted by Crippen LogP contribution is 2.33. The van der Waals surface area contributed by atoms with Crippen LogP contribution in [-0.4, -0.2) is 22.1 Å². The van der Waals surface area contributed by atoms with Crippen molar-refractivity contribution in [2.45, 2.75) is 19.9 Å². The number of carboxylic acids is 1. The van der Waals surface area contributed by atoms with Crippen LogP contribution in [0.15, 0.2) is 28.9 Å². The van der Waals surface area contributed by atoms with Gasteiger partial charge in [-0.2, -0.15) is 0 Å². The quantitative estimate of drug-likeness (QED) is 0.746. The summed E-state index contributed by atoms with van der Waals surface area (Å²) in [5, 5.41) is 13.9. The van der Waals surface area contributed by atoms with Crippen LogP contribution in [0.2, 0.25) is 0 Å². The number of hydrogen-bond acceptors (Lipinski definition) is 4. The van der Waals surface area contributed by atoms with Gasteiger partial charge in [-0.25, -0.2) is 9.78 Å². The zero-order chi connectivity index (χ0) is 14.9. The maximum Gasteiger partial charge on any atom is 0.326 e. The number of nitrogen functional groups attached to an aromatic ring is 1. The average Bonchev–Trinajstić information content (AvgIpc) is 2.39. The second-order valence-corrected chi connectivity index (χ2v) is 5.78. The number of nitrogens with zero attached hydrogens (tertiary/aromatic N) is 1. The molecule has 20 heavy (non-hydrogen) atoms. The second kappa shape index (κ2) is 5.66. The monoisotopic (exact) mass is 337 g/mol. The first-order valence-electron chi connectivity index (χ1n) is 6.24. The Kier molecular flexibility index (Phi) is 4.13. The van der Waals surface area contributed by atoms with Crippen LogP contribution < -0.4 is 11.1 Å². The van der Waals surface area contributed by atoms with E-state index >= 15 is 0 Å². The molecule has 5 nitrogen and oxygen atoms in total. The van der Waals surface area contributed by atoms with Gasteiger partial charge in [0.05, 0.1) is 0 Å². The molecular formula is C14H16BrN3O2. The largest absolute Gasteiger partial charge is 0.480 e. The zero-order valence-corrected chi connectivity index (χ0v) is 12.8. The van der Waals surface area contributed by atoms with Gasteiger partial charge in [0.25, 0.3) is 0 Å². The molecule has 0 amide bonds. The molecule has 0 radical (unpaired) electrons. The third kappa shape index (κ3) is 2.70. The lowest BCUT2D eigenvalue weighted by Gasteiger charge is -2.20. The topological polar surface area (TPSA) is 88.2 Å². The summed E-state index contributed by atoms with van der Waals surface area (Å²) in [4.78, 5) is 15.5. The van der Waals surface area contributed by atoms with Crippen molar-refractivity contribution in [1.29, 1.82) is 0 Å². The highest BCUT2D eigenvalue weighted by Gasteiger charge is 2.22. The summed E-state index contributed by atoms with van der Waals surface area (Å²) in [5.41, 5.74) is 6.57. The molecule has 0 bridgehead atoms. The predicted molar refractivity (Wildman–Crippen MR) is 83.7 cm³/mol. The number of aromatic nitrogens is 1. The average molecular weight is 338 g/mol. The number of aliphatic carboxylic acids is 1. The Morgan fingerprint density at radius 2 is 2.10 bits per heavy atom. The Bertz CT molecular complexity index is 658. The Hall–Kier alpha value is -1.82. The number of hydrogen-bond donors (Lipinski definition) is 3.